The van der Waals surface area contributed by atoms with Gasteiger partial charge in [0.1, 0.15) is 5.76 Å². The van der Waals surface area contributed by atoms with Crippen LogP contribution in [-0.4, -0.2) is 76.0 Å². The number of carbonyl (C=O) groups excluding carboxylic acids is 1. The number of hydrogen-bond acceptors (Lipinski definition) is 6. The van der Waals surface area contributed by atoms with E-state index in [1.807, 2.05) is 12.1 Å². The number of guanidine groups is 1. The number of rotatable bonds is 8. The quantitative estimate of drug-likeness (QED) is 0.249. The van der Waals surface area contributed by atoms with Crippen molar-refractivity contribution in [2.45, 2.75) is 37.8 Å². The smallest absolute Gasteiger partial charge is 0.222 e. The molecular formula is C19H32IN5O4S. The largest absolute Gasteiger partial charge is 0.468 e. The molecule has 0 aromatic carbocycles. The first-order valence-electron chi connectivity index (χ1n) is 10.2. The lowest BCUT2D eigenvalue weighted by molar-refractivity contribution is -0.121. The number of aliphatic imine (C=N–C) groups is 1. The van der Waals surface area contributed by atoms with Crippen molar-refractivity contribution in [1.29, 1.82) is 0 Å². The molecule has 0 bridgehead atoms. The molecule has 170 valence electrons. The van der Waals surface area contributed by atoms with Crippen molar-refractivity contribution in [2.24, 2.45) is 4.99 Å². The van der Waals surface area contributed by atoms with E-state index in [1.165, 1.54) is 12.8 Å². The SMILES string of the molecule is CN=C(NCCC(=O)NC1CCS(=O)(=O)C1)NCC(c1ccco1)N1CCCC1.I. The zero-order chi connectivity index (χ0) is 20.7. The van der Waals surface area contributed by atoms with Gasteiger partial charge in [-0.1, -0.05) is 0 Å². The number of halogens is 1. The van der Waals surface area contributed by atoms with Crippen LogP contribution in [0.15, 0.2) is 27.8 Å². The maximum absolute atomic E-state index is 12.1. The van der Waals surface area contributed by atoms with Gasteiger partial charge in [-0.2, -0.15) is 0 Å². The van der Waals surface area contributed by atoms with Crippen molar-refractivity contribution in [3.63, 3.8) is 0 Å². The number of sulfone groups is 1. The summed E-state index contributed by atoms with van der Waals surface area (Å²) >= 11 is 0. The highest BCUT2D eigenvalue weighted by Crippen LogP contribution is 2.24. The van der Waals surface area contributed by atoms with Crippen LogP contribution in [0.2, 0.25) is 0 Å². The summed E-state index contributed by atoms with van der Waals surface area (Å²) in [4.78, 5) is 18.7. The van der Waals surface area contributed by atoms with Crippen molar-refractivity contribution in [3.8, 4) is 0 Å². The number of carbonyl (C=O) groups is 1. The van der Waals surface area contributed by atoms with Gasteiger partial charge in [-0.25, -0.2) is 8.42 Å². The van der Waals surface area contributed by atoms with Crippen LogP contribution >= 0.6 is 24.0 Å². The summed E-state index contributed by atoms with van der Waals surface area (Å²) in [6.45, 7) is 3.17. The minimum atomic E-state index is -2.99. The van der Waals surface area contributed by atoms with Crippen LogP contribution in [0, 0.1) is 0 Å². The minimum absolute atomic E-state index is 0. The van der Waals surface area contributed by atoms with E-state index in [1.54, 1.807) is 13.3 Å². The normalized spacial score (nSPS) is 22.3. The van der Waals surface area contributed by atoms with E-state index in [0.29, 0.717) is 25.5 Å². The summed E-state index contributed by atoms with van der Waals surface area (Å²) in [5.74, 6) is 1.60. The third-order valence-electron chi connectivity index (χ3n) is 5.38. The molecule has 0 aliphatic carbocycles. The van der Waals surface area contributed by atoms with E-state index in [9.17, 15) is 13.2 Å². The number of furan rings is 1. The number of nitrogens with one attached hydrogen (secondary N) is 3. The topological polar surface area (TPSA) is 116 Å². The second-order valence-corrected chi connectivity index (χ2v) is 9.80. The van der Waals surface area contributed by atoms with Crippen LogP contribution in [0.5, 0.6) is 0 Å². The molecule has 1 aromatic heterocycles. The Bertz CT molecular complexity index is 794. The van der Waals surface area contributed by atoms with Gasteiger partial charge in [0.05, 0.1) is 23.8 Å². The van der Waals surface area contributed by atoms with Gasteiger partial charge in [0, 0.05) is 32.6 Å². The van der Waals surface area contributed by atoms with Gasteiger partial charge in [0.2, 0.25) is 5.91 Å². The molecule has 11 heteroatoms. The average molecular weight is 553 g/mol. The van der Waals surface area contributed by atoms with Crippen LogP contribution in [0.3, 0.4) is 0 Å². The maximum atomic E-state index is 12.1. The molecule has 2 aliphatic heterocycles. The second-order valence-electron chi connectivity index (χ2n) is 7.57. The zero-order valence-electron chi connectivity index (χ0n) is 17.3. The molecule has 1 amide bonds. The van der Waals surface area contributed by atoms with E-state index in [4.69, 9.17) is 4.42 Å². The van der Waals surface area contributed by atoms with Gasteiger partial charge in [-0.05, 0) is 44.5 Å². The molecule has 30 heavy (non-hydrogen) atoms. The highest BCUT2D eigenvalue weighted by molar-refractivity contribution is 14.0. The molecule has 1 aromatic rings. The van der Waals surface area contributed by atoms with Gasteiger partial charge >= 0.3 is 0 Å². The first-order valence-corrected chi connectivity index (χ1v) is 12.0. The lowest BCUT2D eigenvalue weighted by atomic mass is 10.2. The summed E-state index contributed by atoms with van der Waals surface area (Å²) in [5, 5.41) is 9.26. The van der Waals surface area contributed by atoms with Crippen molar-refractivity contribution < 1.29 is 17.6 Å². The molecule has 2 unspecified atom stereocenters. The van der Waals surface area contributed by atoms with Crippen LogP contribution in [0.4, 0.5) is 0 Å². The monoisotopic (exact) mass is 553 g/mol. The van der Waals surface area contributed by atoms with E-state index >= 15 is 0 Å². The highest BCUT2D eigenvalue weighted by atomic mass is 127. The predicted octanol–water partition coefficient (Wildman–Crippen LogP) is 0.893. The lowest BCUT2D eigenvalue weighted by Crippen LogP contribution is -2.44. The van der Waals surface area contributed by atoms with Gasteiger partial charge in [-0.15, -0.1) is 24.0 Å². The molecular weight excluding hydrogens is 521 g/mol. The minimum Gasteiger partial charge on any atom is -0.468 e. The Hall–Kier alpha value is -1.34. The Morgan fingerprint density at radius 1 is 1.33 bits per heavy atom. The summed E-state index contributed by atoms with van der Waals surface area (Å²) in [6, 6.07) is 3.77. The van der Waals surface area contributed by atoms with Crippen molar-refractivity contribution >= 4 is 45.7 Å². The third-order valence-corrected chi connectivity index (χ3v) is 7.15. The Kier molecular flexibility index (Phi) is 9.88. The van der Waals surface area contributed by atoms with E-state index in [-0.39, 0.29) is 59.9 Å². The molecule has 2 aliphatic rings. The molecule has 2 atom stereocenters. The number of nitrogens with zero attached hydrogens (tertiary/aromatic N) is 2. The van der Waals surface area contributed by atoms with Crippen LogP contribution in [0.1, 0.15) is 37.5 Å². The van der Waals surface area contributed by atoms with Crippen molar-refractivity contribution in [1.82, 2.24) is 20.9 Å². The standard InChI is InChI=1S/C19H31N5O4S.HI/c1-20-19(21-8-6-18(25)23-15-7-12-29(26,27)14-15)22-13-16(17-5-4-11-28-17)24-9-2-3-10-24;/h4-5,11,15-16H,2-3,6-10,12-14H2,1H3,(H,23,25)(H2,20,21,22);1H. The molecule has 0 radical (unpaired) electrons. The fourth-order valence-electron chi connectivity index (χ4n) is 3.86. The van der Waals surface area contributed by atoms with Crippen molar-refractivity contribution in [3.05, 3.63) is 24.2 Å². The fraction of sp³-hybridized carbons (Fsp3) is 0.684. The zero-order valence-corrected chi connectivity index (χ0v) is 20.4. The Labute approximate surface area is 195 Å². The van der Waals surface area contributed by atoms with Gasteiger partial charge in [-0.3, -0.25) is 14.7 Å². The predicted molar refractivity (Wildman–Crippen MR) is 127 cm³/mol. The lowest BCUT2D eigenvalue weighted by Gasteiger charge is -2.26. The molecule has 0 spiro atoms. The van der Waals surface area contributed by atoms with Crippen molar-refractivity contribution in [2.75, 3.05) is 44.7 Å². The molecule has 3 N–H and O–H groups in total. The van der Waals surface area contributed by atoms with E-state index in [2.05, 4.69) is 25.8 Å². The number of hydrogen-bond donors (Lipinski definition) is 3. The second kappa shape index (κ2) is 11.9. The fourth-order valence-corrected chi connectivity index (χ4v) is 5.53. The highest BCUT2D eigenvalue weighted by Gasteiger charge is 2.29. The summed E-state index contributed by atoms with van der Waals surface area (Å²) in [6.07, 6.45) is 4.84. The number of likely N-dealkylation sites (tertiary alicyclic amines) is 1. The van der Waals surface area contributed by atoms with Gasteiger partial charge < -0.3 is 20.4 Å². The van der Waals surface area contributed by atoms with Crippen LogP contribution in [-0.2, 0) is 14.6 Å². The summed E-state index contributed by atoms with van der Waals surface area (Å²) in [7, 11) is -1.30. The molecule has 2 saturated heterocycles. The van der Waals surface area contributed by atoms with Crippen LogP contribution in [0.25, 0.3) is 0 Å². The Morgan fingerprint density at radius 3 is 2.70 bits per heavy atom. The maximum Gasteiger partial charge on any atom is 0.222 e. The first kappa shape index (κ1) is 24.9. The molecule has 0 saturated carbocycles. The van der Waals surface area contributed by atoms with E-state index in [0.717, 1.165) is 18.8 Å². The van der Waals surface area contributed by atoms with Gasteiger partial charge in [0.15, 0.2) is 15.8 Å². The molecule has 2 fully saturated rings. The Morgan fingerprint density at radius 2 is 2.10 bits per heavy atom. The van der Waals surface area contributed by atoms with E-state index < -0.39 is 9.84 Å². The first-order chi connectivity index (χ1) is 14.0. The molecule has 3 heterocycles. The molecule has 3 rings (SSSR count). The summed E-state index contributed by atoms with van der Waals surface area (Å²) in [5.41, 5.74) is 0. The number of amides is 1. The summed E-state index contributed by atoms with van der Waals surface area (Å²) < 4.78 is 28.6. The third kappa shape index (κ3) is 7.41. The van der Waals surface area contributed by atoms with Gasteiger partial charge in [0.25, 0.3) is 0 Å². The molecule has 9 nitrogen and oxygen atoms in total. The Balaban J connectivity index is 0.00000320. The van der Waals surface area contributed by atoms with Crippen LogP contribution < -0.4 is 16.0 Å². The average Bonchev–Trinajstić information content (AvgIpc) is 3.43.